The third-order valence-corrected chi connectivity index (χ3v) is 3.72. The molecule has 0 saturated carbocycles. The second kappa shape index (κ2) is 5.49. The molecule has 0 bridgehead atoms. The molecule has 1 heterocycles. The number of halogens is 4. The van der Waals surface area contributed by atoms with E-state index in [4.69, 9.17) is 0 Å². The number of aromatic nitrogens is 1. The third kappa shape index (κ3) is 3.16. The molecule has 2 nitrogen and oxygen atoms in total. The molecular weight excluding hydrogens is 294 g/mol. The van der Waals surface area contributed by atoms with Crippen molar-refractivity contribution in [3.05, 3.63) is 51.2 Å². The van der Waals surface area contributed by atoms with E-state index in [0.29, 0.717) is 11.1 Å². The van der Waals surface area contributed by atoms with Crippen LogP contribution in [0.3, 0.4) is 0 Å². The fourth-order valence-corrected chi connectivity index (χ4v) is 2.61. The highest BCUT2D eigenvalue weighted by atomic mass is 32.1. The summed E-state index contributed by atoms with van der Waals surface area (Å²) in [4.78, 5) is 4.09. The van der Waals surface area contributed by atoms with Gasteiger partial charge in [0.2, 0.25) is 0 Å². The molecule has 1 aromatic heterocycles. The Bertz CT molecular complexity index is 609. The van der Waals surface area contributed by atoms with Gasteiger partial charge < -0.3 is 5.11 Å². The van der Waals surface area contributed by atoms with E-state index in [0.717, 1.165) is 17.8 Å². The van der Waals surface area contributed by atoms with Crippen LogP contribution in [0.25, 0.3) is 0 Å². The number of rotatable bonds is 3. The predicted molar refractivity (Wildman–Crippen MR) is 66.9 cm³/mol. The Labute approximate surface area is 116 Å². The summed E-state index contributed by atoms with van der Waals surface area (Å²) in [7, 11) is 0. The number of hydrogen-bond donors (Lipinski definition) is 1. The van der Waals surface area contributed by atoms with Crippen LogP contribution in [-0.4, -0.2) is 10.1 Å². The van der Waals surface area contributed by atoms with Crippen molar-refractivity contribution >= 4 is 11.3 Å². The van der Waals surface area contributed by atoms with Gasteiger partial charge in [0.15, 0.2) is 0 Å². The van der Waals surface area contributed by atoms with Crippen LogP contribution >= 0.6 is 11.3 Å². The van der Waals surface area contributed by atoms with Crippen LogP contribution in [0.4, 0.5) is 17.6 Å². The Kier molecular flexibility index (Phi) is 4.10. The highest BCUT2D eigenvalue weighted by molar-refractivity contribution is 7.09. The molecule has 1 aromatic carbocycles. The molecular formula is C13H11F4NOS. The van der Waals surface area contributed by atoms with Crippen molar-refractivity contribution in [1.29, 1.82) is 0 Å². The first kappa shape index (κ1) is 14.9. The number of aliphatic hydroxyl groups is 1. The zero-order valence-electron chi connectivity index (χ0n) is 10.4. The third-order valence-electron chi connectivity index (χ3n) is 2.73. The van der Waals surface area contributed by atoms with Crippen molar-refractivity contribution in [2.45, 2.75) is 25.6 Å². The summed E-state index contributed by atoms with van der Waals surface area (Å²) in [6, 6.07) is 2.88. The molecule has 1 unspecified atom stereocenters. The second-order valence-electron chi connectivity index (χ2n) is 4.31. The van der Waals surface area contributed by atoms with Crippen molar-refractivity contribution in [3.8, 4) is 0 Å². The first-order valence-corrected chi connectivity index (χ1v) is 6.61. The van der Waals surface area contributed by atoms with Crippen LogP contribution in [0.2, 0.25) is 0 Å². The van der Waals surface area contributed by atoms with Gasteiger partial charge in [0.25, 0.3) is 0 Å². The molecule has 0 aliphatic heterocycles. The van der Waals surface area contributed by atoms with Crippen molar-refractivity contribution in [1.82, 2.24) is 4.98 Å². The summed E-state index contributed by atoms with van der Waals surface area (Å²) in [6.45, 7) is 1.76. The number of hydrogen-bond acceptors (Lipinski definition) is 3. The fourth-order valence-electron chi connectivity index (χ4n) is 1.80. The zero-order chi connectivity index (χ0) is 14.9. The fraction of sp³-hybridized carbons (Fsp3) is 0.308. The van der Waals surface area contributed by atoms with E-state index in [1.807, 2.05) is 0 Å². The van der Waals surface area contributed by atoms with Crippen LogP contribution in [0.5, 0.6) is 0 Å². The van der Waals surface area contributed by atoms with E-state index in [1.165, 1.54) is 11.3 Å². The van der Waals surface area contributed by atoms with E-state index in [1.54, 1.807) is 12.3 Å². The topological polar surface area (TPSA) is 33.1 Å². The van der Waals surface area contributed by atoms with Crippen LogP contribution in [-0.2, 0) is 12.6 Å². The molecule has 0 saturated heterocycles. The molecule has 0 radical (unpaired) electrons. The molecule has 20 heavy (non-hydrogen) atoms. The summed E-state index contributed by atoms with van der Waals surface area (Å²) in [5.41, 5.74) is -0.987. The number of thiazole rings is 1. The average molecular weight is 305 g/mol. The van der Waals surface area contributed by atoms with E-state index >= 15 is 0 Å². The summed E-state index contributed by atoms with van der Waals surface area (Å²) in [5.74, 6) is -1.43. The van der Waals surface area contributed by atoms with Crippen LogP contribution < -0.4 is 0 Å². The normalized spacial score (nSPS) is 13.5. The minimum Gasteiger partial charge on any atom is -0.388 e. The molecule has 0 spiro atoms. The molecule has 1 N–H and O–H groups in total. The highest BCUT2D eigenvalue weighted by Gasteiger charge is 2.35. The van der Waals surface area contributed by atoms with Gasteiger partial charge in [-0.25, -0.2) is 9.37 Å². The smallest absolute Gasteiger partial charge is 0.388 e. The zero-order valence-corrected chi connectivity index (χ0v) is 11.2. The van der Waals surface area contributed by atoms with Gasteiger partial charge >= 0.3 is 6.18 Å². The number of aliphatic hydroxyl groups excluding tert-OH is 1. The van der Waals surface area contributed by atoms with E-state index < -0.39 is 23.7 Å². The first-order chi connectivity index (χ1) is 9.29. The van der Waals surface area contributed by atoms with Crippen LogP contribution in [0, 0.1) is 12.7 Å². The van der Waals surface area contributed by atoms with Crippen LogP contribution in [0.15, 0.2) is 23.6 Å². The molecule has 7 heteroatoms. The van der Waals surface area contributed by atoms with Gasteiger partial charge in [-0.1, -0.05) is 12.1 Å². The van der Waals surface area contributed by atoms with Gasteiger partial charge in [-0.3, -0.25) is 0 Å². The van der Waals surface area contributed by atoms with E-state index in [9.17, 15) is 22.7 Å². The molecule has 2 aromatic rings. The maximum atomic E-state index is 13.8. The Morgan fingerprint density at radius 3 is 2.60 bits per heavy atom. The Morgan fingerprint density at radius 2 is 2.05 bits per heavy atom. The van der Waals surface area contributed by atoms with E-state index in [2.05, 4.69) is 4.98 Å². The van der Waals surface area contributed by atoms with Crippen molar-refractivity contribution < 1.29 is 22.7 Å². The van der Waals surface area contributed by atoms with Crippen molar-refractivity contribution in [3.63, 3.8) is 0 Å². The second-order valence-corrected chi connectivity index (χ2v) is 5.25. The Morgan fingerprint density at radius 1 is 1.35 bits per heavy atom. The Hall–Kier alpha value is -1.47. The lowest BCUT2D eigenvalue weighted by molar-refractivity contribution is -0.140. The summed E-state index contributed by atoms with van der Waals surface area (Å²) in [5, 5.41) is 12.2. The van der Waals surface area contributed by atoms with Gasteiger partial charge in [-0.2, -0.15) is 13.2 Å². The molecule has 2 rings (SSSR count). The van der Waals surface area contributed by atoms with E-state index in [-0.39, 0.29) is 12.0 Å². The lowest BCUT2D eigenvalue weighted by atomic mass is 10.0. The summed E-state index contributed by atoms with van der Waals surface area (Å²) >= 11 is 1.27. The molecule has 108 valence electrons. The van der Waals surface area contributed by atoms with Gasteiger partial charge in [-0.15, -0.1) is 11.3 Å². The minimum absolute atomic E-state index is 0.0171. The largest absolute Gasteiger partial charge is 0.419 e. The number of aryl methyl sites for hydroxylation is 1. The van der Waals surface area contributed by atoms with Crippen molar-refractivity contribution in [2.24, 2.45) is 0 Å². The minimum atomic E-state index is -4.78. The first-order valence-electron chi connectivity index (χ1n) is 5.73. The average Bonchev–Trinajstić information content (AvgIpc) is 2.73. The van der Waals surface area contributed by atoms with Gasteiger partial charge in [0, 0.05) is 23.1 Å². The number of alkyl halides is 3. The molecule has 0 aliphatic rings. The standard InChI is InChI=1S/C13H11F4NOS/c1-7-6-20-11(18-7)5-10(19)8-3-2-4-9(12(8)14)13(15,16)17/h2-4,6,10,19H,5H2,1H3. The number of benzene rings is 1. The summed E-state index contributed by atoms with van der Waals surface area (Å²) in [6.07, 6.45) is -6.16. The molecule has 0 amide bonds. The van der Waals surface area contributed by atoms with Crippen LogP contribution in [0.1, 0.15) is 27.9 Å². The van der Waals surface area contributed by atoms with Gasteiger partial charge in [0.05, 0.1) is 16.7 Å². The Balaban J connectivity index is 2.28. The quantitative estimate of drug-likeness (QED) is 0.873. The monoisotopic (exact) mass is 305 g/mol. The van der Waals surface area contributed by atoms with Gasteiger partial charge in [0.1, 0.15) is 5.82 Å². The molecule has 0 fully saturated rings. The number of nitrogens with zero attached hydrogens (tertiary/aromatic N) is 1. The highest BCUT2D eigenvalue weighted by Crippen LogP contribution is 2.34. The maximum absolute atomic E-state index is 13.8. The van der Waals surface area contributed by atoms with Crippen molar-refractivity contribution in [2.75, 3.05) is 0 Å². The van der Waals surface area contributed by atoms with Gasteiger partial charge in [-0.05, 0) is 13.0 Å². The summed E-state index contributed by atoms with van der Waals surface area (Å²) < 4.78 is 51.6. The lowest BCUT2D eigenvalue weighted by Gasteiger charge is -2.14. The molecule has 1 atom stereocenters. The molecule has 0 aliphatic carbocycles. The maximum Gasteiger partial charge on any atom is 0.419 e. The predicted octanol–water partition coefficient (Wildman–Crippen LogP) is 3.89. The lowest BCUT2D eigenvalue weighted by Crippen LogP contribution is -2.12. The SMILES string of the molecule is Cc1csc(CC(O)c2cccc(C(F)(F)F)c2F)n1.